The van der Waals surface area contributed by atoms with Crippen LogP contribution >= 0.6 is 0 Å². The van der Waals surface area contributed by atoms with Crippen LogP contribution in [0.4, 0.5) is 17.1 Å². The molecule has 0 saturated carbocycles. The number of benzene rings is 3. The minimum atomic E-state index is -3.84. The summed E-state index contributed by atoms with van der Waals surface area (Å²) >= 11 is 0. The van der Waals surface area contributed by atoms with Gasteiger partial charge in [0.2, 0.25) is 5.91 Å². The summed E-state index contributed by atoms with van der Waals surface area (Å²) in [5.41, 5.74) is 2.90. The predicted molar refractivity (Wildman–Crippen MR) is 124 cm³/mol. The third-order valence-electron chi connectivity index (χ3n) is 5.24. The Bertz CT molecular complexity index is 1300. The van der Waals surface area contributed by atoms with Gasteiger partial charge in [-0.25, -0.2) is 8.42 Å². The zero-order chi connectivity index (χ0) is 22.9. The molecule has 4 rings (SSSR count). The first-order chi connectivity index (χ1) is 15.3. The van der Waals surface area contributed by atoms with Gasteiger partial charge in [-0.3, -0.25) is 13.9 Å². The second-order valence-electron chi connectivity index (χ2n) is 7.73. The normalized spacial score (nSPS) is 15.2. The topological polar surface area (TPSA) is 95.6 Å². The Labute approximate surface area is 187 Å². The molecular formula is C24H23N3O4S. The van der Waals surface area contributed by atoms with Gasteiger partial charge in [0.1, 0.15) is 0 Å². The highest BCUT2D eigenvalue weighted by Crippen LogP contribution is 2.36. The van der Waals surface area contributed by atoms with Gasteiger partial charge < -0.3 is 10.6 Å². The highest BCUT2D eigenvalue weighted by atomic mass is 32.2. The van der Waals surface area contributed by atoms with Crippen molar-refractivity contribution in [2.45, 2.75) is 31.2 Å². The number of fused-ring (bicyclic) bond motifs is 1. The number of nitrogens with zero attached hydrogens (tertiary/aromatic N) is 1. The molecule has 1 heterocycles. The number of amides is 2. The summed E-state index contributed by atoms with van der Waals surface area (Å²) in [7, 11) is -3.84. The molecule has 1 aliphatic heterocycles. The molecule has 0 aromatic heterocycles. The monoisotopic (exact) mass is 449 g/mol. The quantitative estimate of drug-likeness (QED) is 0.615. The highest BCUT2D eigenvalue weighted by Gasteiger charge is 2.36. The maximum atomic E-state index is 13.4. The van der Waals surface area contributed by atoms with Gasteiger partial charge in [0.05, 0.1) is 10.6 Å². The average molecular weight is 450 g/mol. The standard InChI is InChI=1S/C24H23N3O4S/c1-16-13-18-7-3-4-12-23(18)27(16)32(30,31)22-11-5-8-19(14-22)24(29)26-21-10-6-9-20(15-21)25-17(2)28/h3-12,14-16H,13H2,1-2H3,(H,25,28)(H,26,29)/t16-/m0/s1. The molecule has 0 unspecified atom stereocenters. The van der Waals surface area contributed by atoms with Crippen LogP contribution in [-0.2, 0) is 21.2 Å². The summed E-state index contributed by atoms with van der Waals surface area (Å²) in [6.45, 7) is 3.27. The van der Waals surface area contributed by atoms with Crippen LogP contribution in [0.1, 0.15) is 29.8 Å². The molecule has 7 nitrogen and oxygen atoms in total. The second-order valence-corrected chi connectivity index (χ2v) is 9.54. The van der Waals surface area contributed by atoms with E-state index >= 15 is 0 Å². The molecular weight excluding hydrogens is 426 g/mol. The van der Waals surface area contributed by atoms with E-state index in [0.29, 0.717) is 23.5 Å². The lowest BCUT2D eigenvalue weighted by molar-refractivity contribution is -0.114. The van der Waals surface area contributed by atoms with Crippen LogP contribution in [0.3, 0.4) is 0 Å². The van der Waals surface area contributed by atoms with Crippen LogP contribution < -0.4 is 14.9 Å². The SMILES string of the molecule is CC(=O)Nc1cccc(NC(=O)c2cccc(S(=O)(=O)N3c4ccccc4C[C@@H]3C)c2)c1. The second kappa shape index (κ2) is 8.47. The zero-order valence-corrected chi connectivity index (χ0v) is 18.5. The largest absolute Gasteiger partial charge is 0.326 e. The van der Waals surface area contributed by atoms with E-state index < -0.39 is 15.9 Å². The Kier molecular flexibility index (Phi) is 5.71. The molecule has 3 aromatic rings. The van der Waals surface area contributed by atoms with Crippen molar-refractivity contribution >= 4 is 38.9 Å². The molecule has 164 valence electrons. The third-order valence-corrected chi connectivity index (χ3v) is 7.16. The molecule has 0 bridgehead atoms. The van der Waals surface area contributed by atoms with E-state index in [9.17, 15) is 18.0 Å². The van der Waals surface area contributed by atoms with E-state index in [2.05, 4.69) is 10.6 Å². The van der Waals surface area contributed by atoms with Gasteiger partial charge in [0, 0.05) is 29.9 Å². The molecule has 0 aliphatic carbocycles. The molecule has 0 saturated heterocycles. The van der Waals surface area contributed by atoms with Crippen molar-refractivity contribution in [2.75, 3.05) is 14.9 Å². The fourth-order valence-corrected chi connectivity index (χ4v) is 5.63. The molecule has 0 radical (unpaired) electrons. The molecule has 32 heavy (non-hydrogen) atoms. The van der Waals surface area contributed by atoms with Gasteiger partial charge >= 0.3 is 0 Å². The minimum absolute atomic E-state index is 0.0562. The fourth-order valence-electron chi connectivity index (χ4n) is 3.90. The van der Waals surface area contributed by atoms with Crippen LogP contribution in [0.25, 0.3) is 0 Å². The maximum absolute atomic E-state index is 13.4. The van der Waals surface area contributed by atoms with Gasteiger partial charge in [-0.15, -0.1) is 0 Å². The molecule has 3 aromatic carbocycles. The predicted octanol–water partition coefficient (Wildman–Crippen LogP) is 4.04. The van der Waals surface area contributed by atoms with Crippen LogP contribution in [0, 0.1) is 0 Å². The van der Waals surface area contributed by atoms with Gasteiger partial charge in [0.25, 0.3) is 15.9 Å². The van der Waals surface area contributed by atoms with Gasteiger partial charge in [-0.1, -0.05) is 30.3 Å². The smallest absolute Gasteiger partial charge is 0.264 e. The molecule has 1 aliphatic rings. The number of hydrogen-bond acceptors (Lipinski definition) is 4. The first kappa shape index (κ1) is 21.6. The van der Waals surface area contributed by atoms with Crippen LogP contribution in [0.5, 0.6) is 0 Å². The Balaban J connectivity index is 1.60. The van der Waals surface area contributed by atoms with E-state index in [4.69, 9.17) is 0 Å². The van der Waals surface area contributed by atoms with E-state index in [-0.39, 0.29) is 22.4 Å². The van der Waals surface area contributed by atoms with E-state index in [1.807, 2.05) is 25.1 Å². The molecule has 2 N–H and O–H groups in total. The molecule has 8 heteroatoms. The number of carbonyl (C=O) groups excluding carboxylic acids is 2. The zero-order valence-electron chi connectivity index (χ0n) is 17.7. The highest BCUT2D eigenvalue weighted by molar-refractivity contribution is 7.92. The van der Waals surface area contributed by atoms with Crippen molar-refractivity contribution < 1.29 is 18.0 Å². The van der Waals surface area contributed by atoms with Gasteiger partial charge in [-0.05, 0) is 61.4 Å². The summed E-state index contributed by atoms with van der Waals surface area (Å²) in [6.07, 6.45) is 0.639. The number of para-hydroxylation sites is 1. The Morgan fingerprint density at radius 3 is 2.34 bits per heavy atom. The Morgan fingerprint density at radius 2 is 1.59 bits per heavy atom. The third kappa shape index (κ3) is 4.22. The van der Waals surface area contributed by atoms with Crippen molar-refractivity contribution in [1.82, 2.24) is 0 Å². The lowest BCUT2D eigenvalue weighted by Gasteiger charge is -2.24. The summed E-state index contributed by atoms with van der Waals surface area (Å²) < 4.78 is 28.3. The summed E-state index contributed by atoms with van der Waals surface area (Å²) in [6, 6.07) is 20.0. The van der Waals surface area contributed by atoms with E-state index in [0.717, 1.165) is 5.56 Å². The number of carbonyl (C=O) groups is 2. The number of anilines is 3. The molecule has 2 amide bonds. The first-order valence-corrected chi connectivity index (χ1v) is 11.6. The lowest BCUT2D eigenvalue weighted by Crippen LogP contribution is -2.35. The maximum Gasteiger partial charge on any atom is 0.264 e. The van der Waals surface area contributed by atoms with Crippen molar-refractivity contribution in [3.63, 3.8) is 0 Å². The lowest BCUT2D eigenvalue weighted by atomic mass is 10.1. The molecule has 0 spiro atoms. The van der Waals surface area contributed by atoms with Crippen LogP contribution in [0.2, 0.25) is 0 Å². The summed E-state index contributed by atoms with van der Waals surface area (Å²) in [4.78, 5) is 24.1. The van der Waals surface area contributed by atoms with Crippen molar-refractivity contribution in [2.24, 2.45) is 0 Å². The van der Waals surface area contributed by atoms with Crippen molar-refractivity contribution in [3.8, 4) is 0 Å². The molecule has 0 fully saturated rings. The summed E-state index contributed by atoms with van der Waals surface area (Å²) in [5, 5.41) is 5.40. The first-order valence-electron chi connectivity index (χ1n) is 10.2. The van der Waals surface area contributed by atoms with Crippen LogP contribution in [-0.4, -0.2) is 26.3 Å². The van der Waals surface area contributed by atoms with Crippen molar-refractivity contribution in [1.29, 1.82) is 0 Å². The number of rotatable bonds is 5. The van der Waals surface area contributed by atoms with Gasteiger partial charge in [0.15, 0.2) is 0 Å². The number of nitrogens with one attached hydrogen (secondary N) is 2. The Morgan fingerprint density at radius 1 is 0.906 bits per heavy atom. The van der Waals surface area contributed by atoms with Gasteiger partial charge in [-0.2, -0.15) is 0 Å². The average Bonchev–Trinajstić information content (AvgIpc) is 3.10. The number of sulfonamides is 1. The molecule has 1 atom stereocenters. The Hall–Kier alpha value is -3.65. The van der Waals surface area contributed by atoms with E-state index in [1.54, 1.807) is 42.5 Å². The summed E-state index contributed by atoms with van der Waals surface area (Å²) in [5.74, 6) is -0.666. The number of hydrogen-bond donors (Lipinski definition) is 2. The van der Waals surface area contributed by atoms with E-state index in [1.165, 1.54) is 23.4 Å². The minimum Gasteiger partial charge on any atom is -0.326 e. The van der Waals surface area contributed by atoms with Crippen LogP contribution in [0.15, 0.2) is 77.7 Å². The van der Waals surface area contributed by atoms with Crippen molar-refractivity contribution in [3.05, 3.63) is 83.9 Å². The fraction of sp³-hybridized carbons (Fsp3) is 0.167.